The van der Waals surface area contributed by atoms with E-state index in [2.05, 4.69) is 25.0 Å². The van der Waals surface area contributed by atoms with Crippen LogP contribution in [0.3, 0.4) is 0 Å². The molecule has 8 nitrogen and oxygen atoms in total. The van der Waals surface area contributed by atoms with Gasteiger partial charge in [-0.25, -0.2) is 13.4 Å². The van der Waals surface area contributed by atoms with Crippen LogP contribution in [0.5, 0.6) is 0 Å². The Morgan fingerprint density at radius 3 is 2.59 bits per heavy atom. The van der Waals surface area contributed by atoms with Crippen LogP contribution in [0.25, 0.3) is 0 Å². The van der Waals surface area contributed by atoms with Gasteiger partial charge in [0.15, 0.2) is 5.82 Å². The first-order valence-corrected chi connectivity index (χ1v) is 11.7. The zero-order chi connectivity index (χ0) is 20.3. The van der Waals surface area contributed by atoms with Gasteiger partial charge in [0.05, 0.1) is 0 Å². The SMILES string of the molecule is CN(c1ccc(S(=O)(=O)N2CCCCC2)cn1)C1CCCN(c2cccnn2)C1. The van der Waals surface area contributed by atoms with E-state index in [1.54, 1.807) is 16.6 Å². The molecule has 2 fully saturated rings. The van der Waals surface area contributed by atoms with Crippen molar-refractivity contribution in [1.82, 2.24) is 19.5 Å². The van der Waals surface area contributed by atoms with E-state index < -0.39 is 10.0 Å². The standard InChI is InChI=1S/C20H28N6O2S/c1-24(17-7-6-12-25(16-17)20-8-5-11-22-23-20)19-10-9-18(15-21-19)29(27,28)26-13-3-2-4-14-26/h5,8-11,15,17H,2-4,6-7,12-14,16H2,1H3. The molecule has 2 aromatic rings. The van der Waals surface area contributed by atoms with Crippen LogP contribution in [0.15, 0.2) is 41.6 Å². The Morgan fingerprint density at radius 2 is 1.90 bits per heavy atom. The Balaban J connectivity index is 1.45. The minimum Gasteiger partial charge on any atom is -0.355 e. The van der Waals surface area contributed by atoms with E-state index in [1.165, 1.54) is 6.20 Å². The molecule has 0 saturated carbocycles. The van der Waals surface area contributed by atoms with Gasteiger partial charge in [-0.2, -0.15) is 9.40 Å². The fraction of sp³-hybridized carbons (Fsp3) is 0.550. The summed E-state index contributed by atoms with van der Waals surface area (Å²) < 4.78 is 27.2. The van der Waals surface area contributed by atoms with E-state index in [9.17, 15) is 8.42 Å². The van der Waals surface area contributed by atoms with Crippen LogP contribution < -0.4 is 9.80 Å². The molecule has 0 bridgehead atoms. The van der Waals surface area contributed by atoms with Crippen LogP contribution in [0.2, 0.25) is 0 Å². The molecule has 4 heterocycles. The lowest BCUT2D eigenvalue weighted by Crippen LogP contribution is -2.47. The van der Waals surface area contributed by atoms with Gasteiger partial charge in [-0.15, -0.1) is 5.10 Å². The molecule has 2 aliphatic heterocycles. The molecule has 0 aromatic carbocycles. The molecule has 0 aliphatic carbocycles. The number of rotatable bonds is 5. The summed E-state index contributed by atoms with van der Waals surface area (Å²) in [6, 6.07) is 7.67. The summed E-state index contributed by atoms with van der Waals surface area (Å²) in [6.45, 7) is 3.00. The van der Waals surface area contributed by atoms with E-state index in [4.69, 9.17) is 0 Å². The molecular weight excluding hydrogens is 388 g/mol. The second kappa shape index (κ2) is 8.62. The number of hydrogen-bond donors (Lipinski definition) is 0. The second-order valence-electron chi connectivity index (χ2n) is 7.75. The van der Waals surface area contributed by atoms with Crippen LogP contribution in [-0.2, 0) is 10.0 Å². The quantitative estimate of drug-likeness (QED) is 0.738. The minimum atomic E-state index is -3.45. The first kappa shape index (κ1) is 20.0. The van der Waals surface area contributed by atoms with E-state index >= 15 is 0 Å². The van der Waals surface area contributed by atoms with E-state index in [1.807, 2.05) is 25.2 Å². The largest absolute Gasteiger partial charge is 0.355 e. The molecule has 0 N–H and O–H groups in total. The summed E-state index contributed by atoms with van der Waals surface area (Å²) in [5.74, 6) is 1.68. The molecule has 156 valence electrons. The Morgan fingerprint density at radius 1 is 1.07 bits per heavy atom. The van der Waals surface area contributed by atoms with Crippen molar-refractivity contribution < 1.29 is 8.42 Å². The first-order valence-electron chi connectivity index (χ1n) is 10.3. The summed E-state index contributed by atoms with van der Waals surface area (Å²) >= 11 is 0. The highest BCUT2D eigenvalue weighted by molar-refractivity contribution is 7.89. The van der Waals surface area contributed by atoms with Gasteiger partial charge in [-0.3, -0.25) is 0 Å². The Bertz CT molecular complexity index is 900. The van der Waals surface area contributed by atoms with Crippen LogP contribution in [0.1, 0.15) is 32.1 Å². The molecule has 2 aromatic heterocycles. The molecule has 4 rings (SSSR count). The van der Waals surface area contributed by atoms with E-state index in [0.717, 1.165) is 56.8 Å². The molecule has 0 radical (unpaired) electrons. The Kier molecular flexibility index (Phi) is 5.96. The lowest BCUT2D eigenvalue weighted by molar-refractivity contribution is 0.346. The van der Waals surface area contributed by atoms with E-state index in [0.29, 0.717) is 13.1 Å². The number of aromatic nitrogens is 3. The molecule has 1 unspecified atom stereocenters. The average Bonchev–Trinajstić information content (AvgIpc) is 2.80. The van der Waals surface area contributed by atoms with Gasteiger partial charge in [0.25, 0.3) is 0 Å². The number of sulfonamides is 1. The third-order valence-corrected chi connectivity index (χ3v) is 7.74. The van der Waals surface area contributed by atoms with Crippen LogP contribution >= 0.6 is 0 Å². The predicted octanol–water partition coefficient (Wildman–Crippen LogP) is 2.15. The van der Waals surface area contributed by atoms with Crippen molar-refractivity contribution in [2.24, 2.45) is 0 Å². The maximum atomic E-state index is 12.8. The molecule has 2 saturated heterocycles. The summed E-state index contributed by atoms with van der Waals surface area (Å²) in [7, 11) is -1.43. The minimum absolute atomic E-state index is 0.279. The monoisotopic (exact) mass is 416 g/mol. The molecule has 2 aliphatic rings. The van der Waals surface area contributed by atoms with Crippen molar-refractivity contribution in [2.45, 2.75) is 43.0 Å². The molecule has 9 heteroatoms. The number of piperidine rings is 2. The molecule has 1 atom stereocenters. The van der Waals surface area contributed by atoms with Gasteiger partial charge >= 0.3 is 0 Å². The second-order valence-corrected chi connectivity index (χ2v) is 9.69. The van der Waals surface area contributed by atoms with Gasteiger partial charge in [0.2, 0.25) is 10.0 Å². The summed E-state index contributed by atoms with van der Waals surface area (Å²) in [4.78, 5) is 9.15. The van der Waals surface area contributed by atoms with E-state index in [-0.39, 0.29) is 10.9 Å². The molecule has 0 amide bonds. The number of nitrogens with zero attached hydrogens (tertiary/aromatic N) is 6. The lowest BCUT2D eigenvalue weighted by Gasteiger charge is -2.38. The highest BCUT2D eigenvalue weighted by Crippen LogP contribution is 2.25. The van der Waals surface area contributed by atoms with Crippen molar-refractivity contribution in [2.75, 3.05) is 43.0 Å². The molecule has 29 heavy (non-hydrogen) atoms. The average molecular weight is 417 g/mol. The molecule has 0 spiro atoms. The van der Waals surface area contributed by atoms with Crippen LogP contribution in [-0.4, -0.2) is 67.2 Å². The Labute approximate surface area is 172 Å². The summed E-state index contributed by atoms with van der Waals surface area (Å²) in [5.41, 5.74) is 0. The maximum absolute atomic E-state index is 12.8. The number of hydrogen-bond acceptors (Lipinski definition) is 7. The number of likely N-dealkylation sites (N-methyl/N-ethyl adjacent to an activating group) is 1. The zero-order valence-electron chi connectivity index (χ0n) is 16.8. The highest BCUT2D eigenvalue weighted by atomic mass is 32.2. The van der Waals surface area contributed by atoms with Crippen molar-refractivity contribution in [3.8, 4) is 0 Å². The summed E-state index contributed by atoms with van der Waals surface area (Å²) in [5, 5.41) is 8.20. The van der Waals surface area contributed by atoms with Gasteiger partial charge in [-0.1, -0.05) is 6.42 Å². The van der Waals surface area contributed by atoms with Crippen LogP contribution in [0, 0.1) is 0 Å². The first-order chi connectivity index (χ1) is 14.1. The van der Waals surface area contributed by atoms with Crippen molar-refractivity contribution >= 4 is 21.7 Å². The number of anilines is 2. The topological polar surface area (TPSA) is 82.5 Å². The van der Waals surface area contributed by atoms with Gasteiger partial charge in [0.1, 0.15) is 10.7 Å². The van der Waals surface area contributed by atoms with Gasteiger partial charge in [-0.05, 0) is 49.9 Å². The highest BCUT2D eigenvalue weighted by Gasteiger charge is 2.28. The van der Waals surface area contributed by atoms with Gasteiger partial charge in [0, 0.05) is 51.7 Å². The van der Waals surface area contributed by atoms with Gasteiger partial charge < -0.3 is 9.80 Å². The maximum Gasteiger partial charge on any atom is 0.244 e. The third-order valence-electron chi connectivity index (χ3n) is 5.86. The zero-order valence-corrected chi connectivity index (χ0v) is 17.6. The third kappa shape index (κ3) is 4.35. The lowest BCUT2D eigenvalue weighted by atomic mass is 10.0. The fourth-order valence-corrected chi connectivity index (χ4v) is 5.58. The Hall–Kier alpha value is -2.26. The normalized spacial score (nSPS) is 21.1. The molecular formula is C20H28N6O2S. The van der Waals surface area contributed by atoms with Crippen molar-refractivity contribution in [3.05, 3.63) is 36.7 Å². The van der Waals surface area contributed by atoms with Crippen LogP contribution in [0.4, 0.5) is 11.6 Å². The van der Waals surface area contributed by atoms with Crippen molar-refractivity contribution in [1.29, 1.82) is 0 Å². The number of pyridine rings is 1. The predicted molar refractivity (Wildman–Crippen MR) is 113 cm³/mol. The van der Waals surface area contributed by atoms with Crippen molar-refractivity contribution in [3.63, 3.8) is 0 Å². The summed E-state index contributed by atoms with van der Waals surface area (Å²) in [6.07, 6.45) is 8.26. The fourth-order valence-electron chi connectivity index (χ4n) is 4.12. The smallest absolute Gasteiger partial charge is 0.244 e.